The maximum absolute atomic E-state index is 13.7. The minimum absolute atomic E-state index is 0.0176. The van der Waals surface area contributed by atoms with Crippen molar-refractivity contribution in [3.8, 4) is 11.3 Å². The Balaban J connectivity index is 1.49. The lowest BCUT2D eigenvalue weighted by Crippen LogP contribution is -2.43. The quantitative estimate of drug-likeness (QED) is 0.941. The Morgan fingerprint density at radius 1 is 1.36 bits per heavy atom. The molecule has 2 aromatic rings. The molecule has 1 N–H and O–H groups in total. The van der Waals surface area contributed by atoms with Crippen molar-refractivity contribution >= 4 is 5.91 Å². The zero-order chi connectivity index (χ0) is 15.1. The van der Waals surface area contributed by atoms with Crippen LogP contribution < -0.4 is 5.32 Å². The number of piperidine rings is 1. The molecular weight excluding hydrogens is 285 g/mol. The molecule has 6 heteroatoms. The van der Waals surface area contributed by atoms with Crippen molar-refractivity contribution in [1.82, 2.24) is 15.2 Å². The summed E-state index contributed by atoms with van der Waals surface area (Å²) in [6, 6.07) is 6.42. The minimum Gasteiger partial charge on any atom is -0.432 e. The number of halogens is 1. The van der Waals surface area contributed by atoms with Crippen molar-refractivity contribution in [1.29, 1.82) is 0 Å². The highest BCUT2D eigenvalue weighted by Crippen LogP contribution is 2.28. The van der Waals surface area contributed by atoms with Crippen LogP contribution in [0.1, 0.15) is 17.1 Å². The summed E-state index contributed by atoms with van der Waals surface area (Å²) in [5, 5.41) is 2.98. The van der Waals surface area contributed by atoms with Crippen LogP contribution >= 0.6 is 0 Å². The van der Waals surface area contributed by atoms with Gasteiger partial charge in [0.05, 0.1) is 11.8 Å². The number of fused-ring (bicyclic) bond motifs is 2. The third-order valence-corrected chi connectivity index (χ3v) is 4.49. The molecule has 2 bridgehead atoms. The number of aromatic nitrogens is 1. The Bertz CT molecular complexity index is 715. The topological polar surface area (TPSA) is 58.4 Å². The fourth-order valence-electron chi connectivity index (χ4n) is 3.34. The smallest absolute Gasteiger partial charge is 0.307 e. The van der Waals surface area contributed by atoms with E-state index in [4.69, 9.17) is 4.42 Å². The molecule has 1 aromatic carbocycles. The first-order valence-electron chi connectivity index (χ1n) is 7.44. The SMILES string of the molecule is O=C(NC1CN2CC[C@H]1C2)c1ncc(-c2ccccc2F)o1. The van der Waals surface area contributed by atoms with Crippen molar-refractivity contribution in [3.05, 3.63) is 42.2 Å². The van der Waals surface area contributed by atoms with Gasteiger partial charge in [0.1, 0.15) is 5.82 Å². The average molecular weight is 301 g/mol. The van der Waals surface area contributed by atoms with E-state index in [1.807, 2.05) is 0 Å². The zero-order valence-corrected chi connectivity index (χ0v) is 12.0. The molecular formula is C16H16FN3O2. The highest BCUT2D eigenvalue weighted by Gasteiger charge is 2.39. The molecule has 3 heterocycles. The van der Waals surface area contributed by atoms with Crippen LogP contribution in [0.2, 0.25) is 0 Å². The van der Waals surface area contributed by atoms with Crippen LogP contribution in [0.3, 0.4) is 0 Å². The molecule has 0 aliphatic carbocycles. The molecule has 1 amide bonds. The monoisotopic (exact) mass is 301 g/mol. The molecule has 0 spiro atoms. The lowest BCUT2D eigenvalue weighted by atomic mass is 10.0. The molecule has 4 rings (SSSR count). The van der Waals surface area contributed by atoms with Crippen LogP contribution in [-0.4, -0.2) is 41.5 Å². The Labute approximate surface area is 127 Å². The Morgan fingerprint density at radius 3 is 2.95 bits per heavy atom. The predicted molar refractivity (Wildman–Crippen MR) is 77.7 cm³/mol. The second kappa shape index (κ2) is 5.21. The van der Waals surface area contributed by atoms with Gasteiger partial charge in [0.2, 0.25) is 0 Å². The summed E-state index contributed by atoms with van der Waals surface area (Å²) in [6.45, 7) is 3.06. The zero-order valence-electron chi connectivity index (χ0n) is 12.0. The maximum Gasteiger partial charge on any atom is 0.307 e. The van der Waals surface area contributed by atoms with Crippen LogP contribution in [0.4, 0.5) is 4.39 Å². The number of oxazole rings is 1. The van der Waals surface area contributed by atoms with Crippen LogP contribution in [-0.2, 0) is 0 Å². The van der Waals surface area contributed by atoms with Crippen molar-refractivity contribution in [2.45, 2.75) is 12.5 Å². The molecule has 114 valence electrons. The summed E-state index contributed by atoms with van der Waals surface area (Å²) in [5.74, 6) is 0.0359. The van der Waals surface area contributed by atoms with Gasteiger partial charge in [-0.3, -0.25) is 4.79 Å². The van der Waals surface area contributed by atoms with Crippen LogP contribution in [0.5, 0.6) is 0 Å². The summed E-state index contributed by atoms with van der Waals surface area (Å²) < 4.78 is 19.1. The number of hydrogen-bond acceptors (Lipinski definition) is 4. The van der Waals surface area contributed by atoms with E-state index in [1.54, 1.807) is 18.2 Å². The van der Waals surface area contributed by atoms with Crippen molar-refractivity contribution in [2.24, 2.45) is 5.92 Å². The predicted octanol–water partition coefficient (Wildman–Crippen LogP) is 1.91. The number of carbonyl (C=O) groups is 1. The number of carbonyl (C=O) groups excluding carboxylic acids is 1. The number of hydrogen-bond donors (Lipinski definition) is 1. The molecule has 2 aliphatic heterocycles. The first-order chi connectivity index (χ1) is 10.7. The third-order valence-electron chi connectivity index (χ3n) is 4.49. The van der Waals surface area contributed by atoms with Crippen molar-refractivity contribution in [2.75, 3.05) is 19.6 Å². The van der Waals surface area contributed by atoms with Gasteiger partial charge in [-0.15, -0.1) is 0 Å². The number of nitrogens with zero attached hydrogens (tertiary/aromatic N) is 2. The molecule has 3 atom stereocenters. The maximum atomic E-state index is 13.7. The van der Waals surface area contributed by atoms with E-state index in [2.05, 4.69) is 15.2 Å². The molecule has 5 nitrogen and oxygen atoms in total. The normalized spacial score (nSPS) is 26.3. The Kier molecular flexibility index (Phi) is 3.18. The van der Waals surface area contributed by atoms with Gasteiger partial charge in [0.25, 0.3) is 5.89 Å². The van der Waals surface area contributed by atoms with Crippen molar-refractivity contribution in [3.63, 3.8) is 0 Å². The second-order valence-electron chi connectivity index (χ2n) is 5.90. The van der Waals surface area contributed by atoms with Gasteiger partial charge in [-0.25, -0.2) is 9.37 Å². The Morgan fingerprint density at radius 2 is 2.23 bits per heavy atom. The van der Waals surface area contributed by atoms with E-state index in [9.17, 15) is 9.18 Å². The highest BCUT2D eigenvalue weighted by molar-refractivity contribution is 5.90. The molecule has 0 saturated carbocycles. The van der Waals surface area contributed by atoms with E-state index in [0.717, 1.165) is 26.1 Å². The largest absolute Gasteiger partial charge is 0.432 e. The fourth-order valence-corrected chi connectivity index (χ4v) is 3.34. The van der Waals surface area contributed by atoms with Crippen molar-refractivity contribution < 1.29 is 13.6 Å². The molecule has 1 aromatic heterocycles. The number of nitrogens with one attached hydrogen (secondary N) is 1. The molecule has 2 unspecified atom stereocenters. The van der Waals surface area contributed by atoms with Gasteiger partial charge < -0.3 is 14.6 Å². The summed E-state index contributed by atoms with van der Waals surface area (Å²) >= 11 is 0. The number of rotatable bonds is 3. The van der Waals surface area contributed by atoms with Crippen LogP contribution in [0, 0.1) is 11.7 Å². The van der Waals surface area contributed by atoms with E-state index < -0.39 is 5.82 Å². The van der Waals surface area contributed by atoms with Gasteiger partial charge >= 0.3 is 5.91 Å². The average Bonchev–Trinajstić information content (AvgIpc) is 3.24. The first kappa shape index (κ1) is 13.5. The van der Waals surface area contributed by atoms with Crippen LogP contribution in [0.25, 0.3) is 11.3 Å². The second-order valence-corrected chi connectivity index (χ2v) is 5.90. The summed E-state index contributed by atoms with van der Waals surface area (Å²) in [6.07, 6.45) is 2.51. The molecule has 22 heavy (non-hydrogen) atoms. The van der Waals surface area contributed by atoms with E-state index in [0.29, 0.717) is 11.5 Å². The molecule has 2 saturated heterocycles. The minimum atomic E-state index is -0.397. The lowest BCUT2D eigenvalue weighted by Gasteiger charge is -2.22. The molecule has 2 fully saturated rings. The van der Waals surface area contributed by atoms with Gasteiger partial charge in [-0.05, 0) is 31.0 Å². The van der Waals surface area contributed by atoms with E-state index >= 15 is 0 Å². The summed E-state index contributed by atoms with van der Waals surface area (Å²) in [5.41, 5.74) is 0.306. The number of amides is 1. The Hall–Kier alpha value is -2.21. The fraction of sp³-hybridized carbons (Fsp3) is 0.375. The van der Waals surface area contributed by atoms with E-state index in [1.165, 1.54) is 12.3 Å². The van der Waals surface area contributed by atoms with Gasteiger partial charge in [0, 0.05) is 19.1 Å². The summed E-state index contributed by atoms with van der Waals surface area (Å²) in [7, 11) is 0. The standard InChI is InChI=1S/C16H16FN3O2/c17-12-4-2-1-3-11(12)14-7-18-16(22-14)15(21)19-13-9-20-6-5-10(13)8-20/h1-4,7,10,13H,5-6,8-9H2,(H,19,21)/t10-,13?/m0/s1. The first-order valence-corrected chi connectivity index (χ1v) is 7.44. The summed E-state index contributed by atoms with van der Waals surface area (Å²) in [4.78, 5) is 18.5. The van der Waals surface area contributed by atoms with Gasteiger partial charge in [0.15, 0.2) is 5.76 Å². The third kappa shape index (κ3) is 2.29. The molecule has 2 aliphatic rings. The lowest BCUT2D eigenvalue weighted by molar-refractivity contribution is 0.0890. The number of benzene rings is 1. The van der Waals surface area contributed by atoms with Gasteiger partial charge in [-0.1, -0.05) is 12.1 Å². The van der Waals surface area contributed by atoms with E-state index in [-0.39, 0.29) is 23.6 Å². The highest BCUT2D eigenvalue weighted by atomic mass is 19.1. The van der Waals surface area contributed by atoms with Crippen LogP contribution in [0.15, 0.2) is 34.9 Å². The molecule has 0 radical (unpaired) electrons. The van der Waals surface area contributed by atoms with Gasteiger partial charge in [-0.2, -0.15) is 0 Å².